The number of hydrogen-bond acceptors (Lipinski definition) is 3. The summed E-state index contributed by atoms with van der Waals surface area (Å²) in [6, 6.07) is 9.27. The maximum atomic E-state index is 5.64. The molecule has 1 saturated carbocycles. The number of benzene rings is 1. The first-order chi connectivity index (χ1) is 12.3. The van der Waals surface area contributed by atoms with Crippen LogP contribution >= 0.6 is 0 Å². The highest BCUT2D eigenvalue weighted by Crippen LogP contribution is 2.31. The molecule has 1 aromatic rings. The molecule has 0 radical (unpaired) electrons. The molecule has 0 spiro atoms. The molecule has 2 N–H and O–H groups in total. The number of para-hydroxylation sites is 1. The van der Waals surface area contributed by atoms with E-state index in [0.717, 1.165) is 37.9 Å². The van der Waals surface area contributed by atoms with Gasteiger partial charge in [0.05, 0.1) is 19.7 Å². The highest BCUT2D eigenvalue weighted by atomic mass is 16.5. The number of ether oxygens (including phenoxy) is 1. The smallest absolute Gasteiger partial charge is 0.191 e. The normalized spacial score (nSPS) is 20.2. The summed E-state index contributed by atoms with van der Waals surface area (Å²) in [6.45, 7) is 6.05. The Morgan fingerprint density at radius 1 is 1.24 bits per heavy atom. The van der Waals surface area contributed by atoms with Gasteiger partial charge in [-0.05, 0) is 51.8 Å². The van der Waals surface area contributed by atoms with Crippen LogP contribution < -0.4 is 15.4 Å². The van der Waals surface area contributed by atoms with Gasteiger partial charge in [0.1, 0.15) is 5.75 Å². The summed E-state index contributed by atoms with van der Waals surface area (Å²) in [7, 11) is 1.76. The van der Waals surface area contributed by atoms with Crippen molar-refractivity contribution in [2.75, 3.05) is 33.3 Å². The molecule has 138 valence electrons. The third-order valence-corrected chi connectivity index (χ3v) is 5.01. The Bertz CT molecular complexity index is 565. The monoisotopic (exact) mass is 344 g/mol. The molecule has 1 aromatic carbocycles. The summed E-state index contributed by atoms with van der Waals surface area (Å²) in [5.74, 6) is 1.91. The Balaban J connectivity index is 1.79. The van der Waals surface area contributed by atoms with E-state index in [-0.39, 0.29) is 6.04 Å². The van der Waals surface area contributed by atoms with Crippen LogP contribution in [0.5, 0.6) is 5.75 Å². The summed E-state index contributed by atoms with van der Waals surface area (Å²) >= 11 is 0. The molecule has 0 aromatic heterocycles. The fourth-order valence-corrected chi connectivity index (χ4v) is 3.50. The Morgan fingerprint density at radius 2 is 2.00 bits per heavy atom. The second-order valence-corrected chi connectivity index (χ2v) is 6.99. The number of nitrogens with one attached hydrogen (secondary N) is 2. The standard InChI is InChI=1S/C20H32N4O/c1-3-21-20(23-16-11-12-16)22-15-18(24-13-7-4-8-14-24)17-9-5-6-10-19(17)25-2/h5-6,9-10,16,18H,3-4,7-8,11-15H2,1-2H3,(H2,21,22,23). The predicted molar refractivity (Wildman–Crippen MR) is 103 cm³/mol. The molecule has 5 nitrogen and oxygen atoms in total. The molecule has 0 bridgehead atoms. The molecule has 1 saturated heterocycles. The van der Waals surface area contributed by atoms with Gasteiger partial charge < -0.3 is 15.4 Å². The number of guanidine groups is 1. The first-order valence-corrected chi connectivity index (χ1v) is 9.73. The van der Waals surface area contributed by atoms with Crippen molar-refractivity contribution in [3.05, 3.63) is 29.8 Å². The van der Waals surface area contributed by atoms with Crippen molar-refractivity contribution >= 4 is 5.96 Å². The van der Waals surface area contributed by atoms with Gasteiger partial charge in [0.15, 0.2) is 5.96 Å². The molecule has 1 aliphatic heterocycles. The minimum absolute atomic E-state index is 0.270. The first kappa shape index (κ1) is 18.1. The van der Waals surface area contributed by atoms with Crippen molar-refractivity contribution in [3.63, 3.8) is 0 Å². The van der Waals surface area contributed by atoms with Gasteiger partial charge >= 0.3 is 0 Å². The number of aliphatic imine (C=N–C) groups is 1. The summed E-state index contributed by atoms with van der Waals surface area (Å²) in [5.41, 5.74) is 1.25. The molecule has 3 rings (SSSR count). The minimum atomic E-state index is 0.270. The van der Waals surface area contributed by atoms with E-state index in [1.807, 2.05) is 6.07 Å². The van der Waals surface area contributed by atoms with E-state index in [9.17, 15) is 0 Å². The summed E-state index contributed by atoms with van der Waals surface area (Å²) in [6.07, 6.45) is 6.40. The molecule has 2 aliphatic rings. The number of hydrogen-bond donors (Lipinski definition) is 2. The van der Waals surface area contributed by atoms with Crippen molar-refractivity contribution in [3.8, 4) is 5.75 Å². The average molecular weight is 345 g/mol. The third-order valence-electron chi connectivity index (χ3n) is 5.01. The van der Waals surface area contributed by atoms with Crippen LogP contribution in [-0.4, -0.2) is 50.2 Å². The lowest BCUT2D eigenvalue weighted by Gasteiger charge is -2.34. The van der Waals surface area contributed by atoms with Crippen molar-refractivity contribution in [2.45, 2.75) is 51.1 Å². The van der Waals surface area contributed by atoms with Crippen molar-refractivity contribution < 1.29 is 4.74 Å². The van der Waals surface area contributed by atoms with Crippen LogP contribution in [0.15, 0.2) is 29.3 Å². The number of likely N-dealkylation sites (tertiary alicyclic amines) is 1. The van der Waals surface area contributed by atoms with Gasteiger partial charge in [0.2, 0.25) is 0 Å². The maximum Gasteiger partial charge on any atom is 0.191 e. The quantitative estimate of drug-likeness (QED) is 0.590. The van der Waals surface area contributed by atoms with Crippen LogP contribution in [0.25, 0.3) is 0 Å². The number of piperidine rings is 1. The second kappa shape index (κ2) is 9.09. The highest BCUT2D eigenvalue weighted by molar-refractivity contribution is 5.80. The van der Waals surface area contributed by atoms with Gasteiger partial charge in [-0.2, -0.15) is 0 Å². The van der Waals surface area contributed by atoms with Crippen molar-refractivity contribution in [1.29, 1.82) is 0 Å². The fraction of sp³-hybridized carbons (Fsp3) is 0.650. The van der Waals surface area contributed by atoms with Crippen LogP contribution in [0.4, 0.5) is 0 Å². The molecular formula is C20H32N4O. The molecular weight excluding hydrogens is 312 g/mol. The molecule has 1 heterocycles. The van der Waals surface area contributed by atoms with E-state index in [2.05, 4.69) is 40.7 Å². The van der Waals surface area contributed by atoms with Crippen LogP contribution in [-0.2, 0) is 0 Å². The molecule has 2 fully saturated rings. The lowest BCUT2D eigenvalue weighted by atomic mass is 10.0. The molecule has 5 heteroatoms. The maximum absolute atomic E-state index is 5.64. The van der Waals surface area contributed by atoms with Gasteiger partial charge in [0.25, 0.3) is 0 Å². The van der Waals surface area contributed by atoms with E-state index >= 15 is 0 Å². The number of rotatable bonds is 7. The summed E-state index contributed by atoms with van der Waals surface area (Å²) in [4.78, 5) is 7.49. The van der Waals surface area contributed by atoms with Gasteiger partial charge in [-0.1, -0.05) is 24.6 Å². The second-order valence-electron chi connectivity index (χ2n) is 6.99. The van der Waals surface area contributed by atoms with E-state index in [1.54, 1.807) is 7.11 Å². The largest absolute Gasteiger partial charge is 0.496 e. The van der Waals surface area contributed by atoms with Gasteiger partial charge in [-0.15, -0.1) is 0 Å². The van der Waals surface area contributed by atoms with Crippen LogP contribution in [0.2, 0.25) is 0 Å². The van der Waals surface area contributed by atoms with Crippen LogP contribution in [0.1, 0.15) is 50.6 Å². The Hall–Kier alpha value is -1.75. The zero-order chi connectivity index (χ0) is 17.5. The Labute approximate surface area is 151 Å². The predicted octanol–water partition coefficient (Wildman–Crippen LogP) is 2.94. The highest BCUT2D eigenvalue weighted by Gasteiger charge is 2.26. The Morgan fingerprint density at radius 3 is 2.68 bits per heavy atom. The number of methoxy groups -OCH3 is 1. The average Bonchev–Trinajstić information content (AvgIpc) is 3.47. The molecule has 1 unspecified atom stereocenters. The molecule has 1 aliphatic carbocycles. The summed E-state index contributed by atoms with van der Waals surface area (Å²) in [5, 5.41) is 6.90. The number of nitrogens with zero attached hydrogens (tertiary/aromatic N) is 2. The Kier molecular flexibility index (Phi) is 6.56. The van der Waals surface area contributed by atoms with Crippen molar-refractivity contribution in [2.24, 2.45) is 4.99 Å². The van der Waals surface area contributed by atoms with Crippen molar-refractivity contribution in [1.82, 2.24) is 15.5 Å². The zero-order valence-electron chi connectivity index (χ0n) is 15.6. The molecule has 0 amide bonds. The van der Waals surface area contributed by atoms with E-state index in [1.165, 1.54) is 37.7 Å². The van der Waals surface area contributed by atoms with Gasteiger partial charge in [-0.25, -0.2) is 0 Å². The van der Waals surface area contributed by atoms with E-state index in [0.29, 0.717) is 6.04 Å². The lowest BCUT2D eigenvalue weighted by molar-refractivity contribution is 0.165. The molecule has 1 atom stereocenters. The summed E-state index contributed by atoms with van der Waals surface area (Å²) < 4.78 is 5.64. The first-order valence-electron chi connectivity index (χ1n) is 9.73. The lowest BCUT2D eigenvalue weighted by Crippen LogP contribution is -2.40. The SMILES string of the molecule is CCNC(=NCC(c1ccccc1OC)N1CCCCC1)NC1CC1. The van der Waals surface area contributed by atoms with Crippen LogP contribution in [0.3, 0.4) is 0 Å². The van der Waals surface area contributed by atoms with E-state index < -0.39 is 0 Å². The molecule has 25 heavy (non-hydrogen) atoms. The third kappa shape index (κ3) is 5.11. The van der Waals surface area contributed by atoms with Crippen LogP contribution in [0, 0.1) is 0 Å². The van der Waals surface area contributed by atoms with E-state index in [4.69, 9.17) is 9.73 Å². The zero-order valence-corrected chi connectivity index (χ0v) is 15.6. The fourth-order valence-electron chi connectivity index (χ4n) is 3.50. The van der Waals surface area contributed by atoms with Gasteiger partial charge in [0, 0.05) is 18.2 Å². The minimum Gasteiger partial charge on any atom is -0.496 e. The van der Waals surface area contributed by atoms with Gasteiger partial charge in [-0.3, -0.25) is 9.89 Å². The topological polar surface area (TPSA) is 48.9 Å².